The van der Waals surface area contributed by atoms with Crippen molar-refractivity contribution in [3.8, 4) is 11.6 Å². The molecule has 0 bridgehead atoms. The van der Waals surface area contributed by atoms with Gasteiger partial charge in [0.15, 0.2) is 11.6 Å². The van der Waals surface area contributed by atoms with Gasteiger partial charge in [-0.2, -0.15) is 13.2 Å². The fourth-order valence-electron chi connectivity index (χ4n) is 2.50. The Kier molecular flexibility index (Phi) is 3.45. The first-order valence-corrected chi connectivity index (χ1v) is 7.22. The van der Waals surface area contributed by atoms with Gasteiger partial charge >= 0.3 is 6.18 Å². The standard InChI is InChI=1S/C15H10F3N7/c16-15(17,18)14-22-12(23-24-14)13-21-10(5-9-6-19-8-20-7-9)11-3-1-2-4-25(11)13/h1-4,6-8H,5H2,(H,22,23,24). The zero-order chi connectivity index (χ0) is 17.4. The normalized spacial score (nSPS) is 12.0. The molecule has 10 heteroatoms. The molecular weight excluding hydrogens is 335 g/mol. The number of H-pyrrole nitrogens is 1. The highest BCUT2D eigenvalue weighted by molar-refractivity contribution is 5.62. The monoisotopic (exact) mass is 345 g/mol. The van der Waals surface area contributed by atoms with E-state index in [1.165, 1.54) is 6.33 Å². The molecule has 0 aliphatic rings. The number of rotatable bonds is 3. The largest absolute Gasteiger partial charge is 0.453 e. The van der Waals surface area contributed by atoms with Gasteiger partial charge in [0.2, 0.25) is 0 Å². The van der Waals surface area contributed by atoms with Crippen molar-refractivity contribution in [2.75, 3.05) is 0 Å². The van der Waals surface area contributed by atoms with Crippen molar-refractivity contribution in [3.05, 3.63) is 60.2 Å². The molecule has 4 aromatic heterocycles. The number of nitrogens with zero attached hydrogens (tertiary/aromatic N) is 6. The summed E-state index contributed by atoms with van der Waals surface area (Å²) in [4.78, 5) is 15.9. The molecule has 0 saturated heterocycles. The van der Waals surface area contributed by atoms with Crippen molar-refractivity contribution in [2.24, 2.45) is 0 Å². The Hall–Kier alpha value is -3.30. The highest BCUT2D eigenvalue weighted by atomic mass is 19.4. The van der Waals surface area contributed by atoms with Gasteiger partial charge in [-0.25, -0.2) is 19.9 Å². The first kappa shape index (κ1) is 15.2. The minimum Gasteiger partial charge on any atom is -0.297 e. The van der Waals surface area contributed by atoms with Gasteiger partial charge in [-0.05, 0) is 17.7 Å². The zero-order valence-electron chi connectivity index (χ0n) is 12.6. The maximum Gasteiger partial charge on any atom is 0.453 e. The summed E-state index contributed by atoms with van der Waals surface area (Å²) >= 11 is 0. The maximum absolute atomic E-state index is 12.7. The van der Waals surface area contributed by atoms with E-state index in [0.29, 0.717) is 12.1 Å². The van der Waals surface area contributed by atoms with Crippen LogP contribution in [0.5, 0.6) is 0 Å². The third kappa shape index (κ3) is 2.82. The maximum atomic E-state index is 12.7. The van der Waals surface area contributed by atoms with E-state index in [0.717, 1.165) is 11.1 Å². The summed E-state index contributed by atoms with van der Waals surface area (Å²) in [6.45, 7) is 0. The van der Waals surface area contributed by atoms with E-state index in [-0.39, 0.29) is 11.6 Å². The van der Waals surface area contributed by atoms with Crippen LogP contribution in [0.25, 0.3) is 17.2 Å². The predicted octanol–water partition coefficient (Wildman–Crippen LogP) is 2.52. The summed E-state index contributed by atoms with van der Waals surface area (Å²) in [6.07, 6.45) is 2.28. The summed E-state index contributed by atoms with van der Waals surface area (Å²) in [6, 6.07) is 5.42. The van der Waals surface area contributed by atoms with E-state index in [4.69, 9.17) is 0 Å². The van der Waals surface area contributed by atoms with Crippen molar-refractivity contribution >= 4 is 5.52 Å². The molecule has 4 heterocycles. The molecule has 0 unspecified atom stereocenters. The highest BCUT2D eigenvalue weighted by Crippen LogP contribution is 2.28. The van der Waals surface area contributed by atoms with Crippen molar-refractivity contribution in [2.45, 2.75) is 12.6 Å². The zero-order valence-corrected chi connectivity index (χ0v) is 12.6. The van der Waals surface area contributed by atoms with E-state index >= 15 is 0 Å². The first-order valence-electron chi connectivity index (χ1n) is 7.22. The van der Waals surface area contributed by atoms with Gasteiger partial charge in [-0.1, -0.05) is 6.07 Å². The van der Waals surface area contributed by atoms with Crippen molar-refractivity contribution in [1.82, 2.24) is 34.5 Å². The van der Waals surface area contributed by atoms with Gasteiger partial charge in [-0.3, -0.25) is 9.50 Å². The van der Waals surface area contributed by atoms with E-state index in [9.17, 15) is 13.2 Å². The lowest BCUT2D eigenvalue weighted by Crippen LogP contribution is -2.07. The van der Waals surface area contributed by atoms with E-state index in [2.05, 4.69) is 30.1 Å². The molecule has 4 aromatic rings. The molecule has 0 aliphatic heterocycles. The molecular formula is C15H10F3N7. The SMILES string of the molecule is FC(F)(F)c1n[nH]c(-c2nc(Cc3cncnc3)c3ccccn23)n1. The first-order chi connectivity index (χ1) is 12.0. The third-order valence-electron chi connectivity index (χ3n) is 3.56. The van der Waals surface area contributed by atoms with Gasteiger partial charge in [0.05, 0.1) is 11.2 Å². The summed E-state index contributed by atoms with van der Waals surface area (Å²) in [7, 11) is 0. The van der Waals surface area contributed by atoms with Gasteiger partial charge in [-0.15, -0.1) is 5.10 Å². The molecule has 0 atom stereocenters. The lowest BCUT2D eigenvalue weighted by Gasteiger charge is -1.98. The molecule has 7 nitrogen and oxygen atoms in total. The molecule has 0 aromatic carbocycles. The number of hydrogen-bond donors (Lipinski definition) is 1. The third-order valence-corrected chi connectivity index (χ3v) is 3.56. The number of aromatic amines is 1. The number of alkyl halides is 3. The van der Waals surface area contributed by atoms with E-state index in [1.54, 1.807) is 29.1 Å². The van der Waals surface area contributed by atoms with Crippen LogP contribution in [0, 0.1) is 0 Å². The van der Waals surface area contributed by atoms with Crippen LogP contribution in [0.1, 0.15) is 17.1 Å². The summed E-state index contributed by atoms with van der Waals surface area (Å²) in [5.74, 6) is -1.03. The van der Waals surface area contributed by atoms with Gasteiger partial charge in [0, 0.05) is 25.0 Å². The summed E-state index contributed by atoms with van der Waals surface area (Å²) < 4.78 is 39.9. The van der Waals surface area contributed by atoms with E-state index in [1.807, 2.05) is 12.1 Å². The quantitative estimate of drug-likeness (QED) is 0.617. The van der Waals surface area contributed by atoms with Gasteiger partial charge < -0.3 is 0 Å². The molecule has 1 N–H and O–H groups in total. The Morgan fingerprint density at radius 3 is 2.60 bits per heavy atom. The minimum absolute atomic E-state index is 0.0518. The Balaban J connectivity index is 1.81. The number of aromatic nitrogens is 7. The number of pyridine rings is 1. The lowest BCUT2D eigenvalue weighted by molar-refractivity contribution is -0.144. The second-order valence-corrected chi connectivity index (χ2v) is 5.27. The topological polar surface area (TPSA) is 84.6 Å². The average Bonchev–Trinajstić information content (AvgIpc) is 3.21. The van der Waals surface area contributed by atoms with Crippen LogP contribution in [0.2, 0.25) is 0 Å². The van der Waals surface area contributed by atoms with Crippen molar-refractivity contribution in [3.63, 3.8) is 0 Å². The highest BCUT2D eigenvalue weighted by Gasteiger charge is 2.36. The minimum atomic E-state index is -4.62. The second-order valence-electron chi connectivity index (χ2n) is 5.27. The molecule has 0 fully saturated rings. The van der Waals surface area contributed by atoms with Crippen molar-refractivity contribution < 1.29 is 13.2 Å². The molecule has 25 heavy (non-hydrogen) atoms. The van der Waals surface area contributed by atoms with Gasteiger partial charge in [0.1, 0.15) is 6.33 Å². The smallest absolute Gasteiger partial charge is 0.297 e. The fourth-order valence-corrected chi connectivity index (χ4v) is 2.50. The van der Waals surface area contributed by atoms with Crippen LogP contribution >= 0.6 is 0 Å². The van der Waals surface area contributed by atoms with Crippen molar-refractivity contribution in [1.29, 1.82) is 0 Å². The summed E-state index contributed by atoms with van der Waals surface area (Å²) in [5, 5.41) is 5.54. The molecule has 0 radical (unpaired) electrons. The second kappa shape index (κ2) is 5.65. The molecule has 0 saturated carbocycles. The molecule has 0 aliphatic carbocycles. The van der Waals surface area contributed by atoms with Crippen LogP contribution in [-0.2, 0) is 12.6 Å². The predicted molar refractivity (Wildman–Crippen MR) is 80.4 cm³/mol. The molecule has 0 amide bonds. The molecule has 126 valence electrons. The lowest BCUT2D eigenvalue weighted by atomic mass is 10.2. The van der Waals surface area contributed by atoms with Crippen LogP contribution in [0.3, 0.4) is 0 Å². The molecule has 0 spiro atoms. The Morgan fingerprint density at radius 1 is 1.08 bits per heavy atom. The molecule has 4 rings (SSSR count). The van der Waals surface area contributed by atoms with Crippen LogP contribution in [0.15, 0.2) is 43.1 Å². The van der Waals surface area contributed by atoms with E-state index < -0.39 is 12.0 Å². The Labute approximate surface area is 138 Å². The number of hydrogen-bond acceptors (Lipinski definition) is 5. The number of imidazole rings is 1. The Morgan fingerprint density at radius 2 is 1.88 bits per heavy atom. The number of fused-ring (bicyclic) bond motifs is 1. The van der Waals surface area contributed by atoms with Crippen LogP contribution < -0.4 is 0 Å². The Bertz CT molecular complexity index is 1020. The fraction of sp³-hybridized carbons (Fsp3) is 0.133. The van der Waals surface area contributed by atoms with Crippen LogP contribution in [0.4, 0.5) is 13.2 Å². The van der Waals surface area contributed by atoms with Crippen LogP contribution in [-0.4, -0.2) is 34.5 Å². The van der Waals surface area contributed by atoms with Gasteiger partial charge in [0.25, 0.3) is 5.82 Å². The summed E-state index contributed by atoms with van der Waals surface area (Å²) in [5.41, 5.74) is 2.27. The average molecular weight is 345 g/mol. The number of halogens is 3. The number of nitrogens with one attached hydrogen (secondary N) is 1.